The molecule has 1 N–H and O–H groups in total. The van der Waals surface area contributed by atoms with E-state index >= 15 is 0 Å². The van der Waals surface area contributed by atoms with E-state index in [0.29, 0.717) is 25.8 Å². The molecule has 19 heavy (non-hydrogen) atoms. The Hall–Kier alpha value is -1.24. The average molecular weight is 283 g/mol. The molecule has 4 amide bonds. The zero-order chi connectivity index (χ0) is 13.6. The van der Waals surface area contributed by atoms with Crippen LogP contribution in [0.15, 0.2) is 0 Å². The first kappa shape index (κ1) is 12.8. The maximum Gasteiger partial charge on any atom is 0.325 e. The average Bonchev–Trinajstić information content (AvgIpc) is 2.82. The molecular formula is C12H17N3O3S. The number of likely N-dealkylation sites (tertiary alicyclic amines) is 1. The maximum absolute atomic E-state index is 12.6. The van der Waals surface area contributed by atoms with E-state index in [1.807, 2.05) is 0 Å². The van der Waals surface area contributed by atoms with Crippen molar-refractivity contribution >= 4 is 29.6 Å². The molecule has 3 heterocycles. The molecule has 3 rings (SSSR count). The molecule has 3 aliphatic rings. The van der Waals surface area contributed by atoms with Crippen LogP contribution in [0.2, 0.25) is 0 Å². The highest BCUT2D eigenvalue weighted by Gasteiger charge is 2.55. The van der Waals surface area contributed by atoms with Gasteiger partial charge in [-0.25, -0.2) is 9.69 Å². The Labute approximate surface area is 115 Å². The van der Waals surface area contributed by atoms with Gasteiger partial charge in [-0.2, -0.15) is 11.8 Å². The van der Waals surface area contributed by atoms with Crippen LogP contribution in [-0.4, -0.2) is 64.3 Å². The van der Waals surface area contributed by atoms with Gasteiger partial charge >= 0.3 is 6.03 Å². The largest absolute Gasteiger partial charge is 0.344 e. The minimum absolute atomic E-state index is 0.134. The molecule has 0 radical (unpaired) electrons. The lowest BCUT2D eigenvalue weighted by Gasteiger charge is -2.30. The van der Waals surface area contributed by atoms with Crippen LogP contribution in [0.5, 0.6) is 0 Å². The summed E-state index contributed by atoms with van der Waals surface area (Å²) in [5, 5.41) is 2.83. The number of imide groups is 1. The van der Waals surface area contributed by atoms with Crippen molar-refractivity contribution in [1.29, 1.82) is 0 Å². The Balaban J connectivity index is 1.85. The van der Waals surface area contributed by atoms with E-state index in [-0.39, 0.29) is 11.8 Å². The van der Waals surface area contributed by atoms with Gasteiger partial charge in [0.1, 0.15) is 11.6 Å². The predicted molar refractivity (Wildman–Crippen MR) is 70.7 cm³/mol. The molecule has 3 fully saturated rings. The summed E-state index contributed by atoms with van der Waals surface area (Å²) in [5.74, 6) is 1.41. The van der Waals surface area contributed by atoms with E-state index in [2.05, 4.69) is 5.32 Å². The van der Waals surface area contributed by atoms with Crippen molar-refractivity contribution in [2.45, 2.75) is 30.8 Å². The number of hydrogen-bond donors (Lipinski definition) is 1. The highest BCUT2D eigenvalue weighted by molar-refractivity contribution is 7.99. The first-order valence-corrected chi connectivity index (χ1v) is 7.69. The summed E-state index contributed by atoms with van der Waals surface area (Å²) in [6.45, 7) is 0.601. The van der Waals surface area contributed by atoms with Gasteiger partial charge in [0.2, 0.25) is 5.91 Å². The number of carbonyl (C=O) groups is 3. The van der Waals surface area contributed by atoms with Gasteiger partial charge in [0.05, 0.1) is 0 Å². The summed E-state index contributed by atoms with van der Waals surface area (Å²) in [6, 6.07) is -1.00. The fourth-order valence-corrected chi connectivity index (χ4v) is 4.22. The topological polar surface area (TPSA) is 69.7 Å². The Morgan fingerprint density at radius 1 is 1.26 bits per heavy atom. The number of rotatable bonds is 1. The van der Waals surface area contributed by atoms with E-state index in [4.69, 9.17) is 0 Å². The van der Waals surface area contributed by atoms with Gasteiger partial charge in [-0.15, -0.1) is 0 Å². The van der Waals surface area contributed by atoms with Gasteiger partial charge in [0.15, 0.2) is 0 Å². The fraction of sp³-hybridized carbons (Fsp3) is 0.750. The van der Waals surface area contributed by atoms with E-state index in [1.165, 1.54) is 4.90 Å². The molecule has 0 aromatic carbocycles. The number of urea groups is 1. The summed E-state index contributed by atoms with van der Waals surface area (Å²) in [4.78, 5) is 39.5. The molecule has 3 saturated heterocycles. The third-order valence-corrected chi connectivity index (χ3v) is 5.24. The second-order valence-corrected chi connectivity index (χ2v) is 6.59. The molecule has 1 atom stereocenters. The van der Waals surface area contributed by atoms with Gasteiger partial charge in [-0.3, -0.25) is 9.59 Å². The van der Waals surface area contributed by atoms with Gasteiger partial charge < -0.3 is 10.2 Å². The smallest absolute Gasteiger partial charge is 0.325 e. The van der Waals surface area contributed by atoms with Gasteiger partial charge in [-0.05, 0) is 30.8 Å². The SMILES string of the molecule is CN1CCC(N2C(=O)NC3(CCSCC3)C2=O)C1=O. The zero-order valence-electron chi connectivity index (χ0n) is 10.8. The number of nitrogens with zero attached hydrogens (tertiary/aromatic N) is 2. The number of likely N-dealkylation sites (N-methyl/N-ethyl adjacent to an activating group) is 1. The van der Waals surface area contributed by atoms with E-state index in [1.54, 1.807) is 23.7 Å². The highest BCUT2D eigenvalue weighted by atomic mass is 32.2. The molecule has 1 spiro atoms. The lowest BCUT2D eigenvalue weighted by Crippen LogP contribution is -2.51. The van der Waals surface area contributed by atoms with Crippen LogP contribution < -0.4 is 5.32 Å². The predicted octanol–water partition coefficient (Wildman–Crippen LogP) is 0.0347. The van der Waals surface area contributed by atoms with Crippen molar-refractivity contribution in [2.75, 3.05) is 25.1 Å². The summed E-state index contributed by atoms with van der Waals surface area (Å²) in [5.41, 5.74) is -0.746. The minimum Gasteiger partial charge on any atom is -0.344 e. The molecule has 0 aromatic rings. The summed E-state index contributed by atoms with van der Waals surface area (Å²) >= 11 is 1.80. The lowest BCUT2D eigenvalue weighted by molar-refractivity contribution is -0.139. The van der Waals surface area contributed by atoms with Crippen LogP contribution in [0.3, 0.4) is 0 Å². The first-order valence-electron chi connectivity index (χ1n) is 6.54. The lowest BCUT2D eigenvalue weighted by atomic mass is 9.92. The zero-order valence-corrected chi connectivity index (χ0v) is 11.7. The van der Waals surface area contributed by atoms with Crippen molar-refractivity contribution in [3.8, 4) is 0 Å². The van der Waals surface area contributed by atoms with Crippen LogP contribution in [0.1, 0.15) is 19.3 Å². The van der Waals surface area contributed by atoms with Gasteiger partial charge in [0.25, 0.3) is 5.91 Å². The number of thioether (sulfide) groups is 1. The van der Waals surface area contributed by atoms with Crippen molar-refractivity contribution in [3.63, 3.8) is 0 Å². The van der Waals surface area contributed by atoms with Crippen LogP contribution in [0.4, 0.5) is 4.79 Å². The standard InChI is InChI=1S/C12H17N3O3S/c1-14-5-2-8(9(14)16)15-10(17)12(13-11(15)18)3-6-19-7-4-12/h8H,2-7H2,1H3,(H,13,18). The van der Waals surface area contributed by atoms with Crippen LogP contribution in [-0.2, 0) is 9.59 Å². The molecule has 0 aromatic heterocycles. The molecule has 1 unspecified atom stereocenters. The van der Waals surface area contributed by atoms with Crippen LogP contribution >= 0.6 is 11.8 Å². The Bertz CT molecular complexity index is 448. The number of amides is 4. The quantitative estimate of drug-likeness (QED) is 0.690. The molecule has 3 aliphatic heterocycles. The monoisotopic (exact) mass is 283 g/mol. The molecule has 104 valence electrons. The molecule has 0 aliphatic carbocycles. The highest BCUT2D eigenvalue weighted by Crippen LogP contribution is 2.34. The Morgan fingerprint density at radius 2 is 1.95 bits per heavy atom. The third-order valence-electron chi connectivity index (χ3n) is 4.25. The summed E-state index contributed by atoms with van der Waals surface area (Å²) in [7, 11) is 1.70. The van der Waals surface area contributed by atoms with Crippen molar-refractivity contribution < 1.29 is 14.4 Å². The first-order chi connectivity index (χ1) is 9.05. The van der Waals surface area contributed by atoms with Gasteiger partial charge in [0, 0.05) is 13.6 Å². The molecule has 7 heteroatoms. The van der Waals surface area contributed by atoms with Gasteiger partial charge in [-0.1, -0.05) is 0 Å². The van der Waals surface area contributed by atoms with E-state index in [0.717, 1.165) is 11.5 Å². The van der Waals surface area contributed by atoms with Crippen molar-refractivity contribution in [3.05, 3.63) is 0 Å². The van der Waals surface area contributed by atoms with Crippen molar-refractivity contribution in [2.24, 2.45) is 0 Å². The number of carbonyl (C=O) groups excluding carboxylic acids is 3. The Morgan fingerprint density at radius 3 is 2.53 bits per heavy atom. The number of hydrogen-bond acceptors (Lipinski definition) is 4. The summed E-state index contributed by atoms with van der Waals surface area (Å²) in [6.07, 6.45) is 1.87. The summed E-state index contributed by atoms with van der Waals surface area (Å²) < 4.78 is 0. The van der Waals surface area contributed by atoms with Crippen molar-refractivity contribution in [1.82, 2.24) is 15.1 Å². The third kappa shape index (κ3) is 1.82. The normalized spacial score (nSPS) is 30.4. The fourth-order valence-electron chi connectivity index (χ4n) is 3.03. The molecular weight excluding hydrogens is 266 g/mol. The van der Waals surface area contributed by atoms with E-state index in [9.17, 15) is 14.4 Å². The second-order valence-electron chi connectivity index (χ2n) is 5.36. The van der Waals surface area contributed by atoms with Crippen LogP contribution in [0.25, 0.3) is 0 Å². The van der Waals surface area contributed by atoms with E-state index < -0.39 is 17.6 Å². The minimum atomic E-state index is -0.746. The molecule has 0 bridgehead atoms. The molecule has 0 saturated carbocycles. The maximum atomic E-state index is 12.6. The second kappa shape index (κ2) is 4.40. The number of nitrogens with one attached hydrogen (secondary N) is 1. The Kier molecular flexibility index (Phi) is 2.96. The molecule has 6 nitrogen and oxygen atoms in total. The van der Waals surface area contributed by atoms with Crippen LogP contribution in [0, 0.1) is 0 Å².